The normalized spacial score (nSPS) is 12.0. The smallest absolute Gasteiger partial charge is 0.273 e. The average Bonchev–Trinajstić information content (AvgIpc) is 3.02. The maximum Gasteiger partial charge on any atom is 0.273 e. The zero-order valence-electron chi connectivity index (χ0n) is 12.1. The Morgan fingerprint density at radius 3 is 2.91 bits per heavy atom. The first kappa shape index (κ1) is 16.1. The molecule has 1 aromatic carbocycles. The molecule has 1 N–H and O–H groups in total. The van der Waals surface area contributed by atoms with E-state index in [1.165, 1.54) is 28.4 Å². The second kappa shape index (κ2) is 6.63. The number of aliphatic hydroxyl groups is 1. The molecule has 1 unspecified atom stereocenters. The number of thiazole rings is 1. The van der Waals surface area contributed by atoms with Crippen molar-refractivity contribution in [2.24, 2.45) is 0 Å². The second-order valence-corrected chi connectivity index (χ2v) is 5.65. The maximum absolute atomic E-state index is 12.2. The number of amides is 1. The van der Waals surface area contributed by atoms with Gasteiger partial charge in [0, 0.05) is 30.1 Å². The number of nitro groups is 1. The molecule has 2 aromatic rings. The van der Waals surface area contributed by atoms with Crippen LogP contribution in [0.5, 0.6) is 0 Å². The number of benzene rings is 1. The number of aromatic nitrogens is 1. The number of non-ortho nitro benzene ring substituents is 1. The lowest BCUT2D eigenvalue weighted by atomic mass is 10.2. The minimum Gasteiger partial charge on any atom is -0.394 e. The summed E-state index contributed by atoms with van der Waals surface area (Å²) in [6.07, 6.45) is 0. The van der Waals surface area contributed by atoms with Crippen LogP contribution in [-0.4, -0.2) is 45.5 Å². The largest absolute Gasteiger partial charge is 0.394 e. The molecule has 1 heterocycles. The molecule has 116 valence electrons. The van der Waals surface area contributed by atoms with E-state index in [4.69, 9.17) is 5.11 Å². The van der Waals surface area contributed by atoms with Gasteiger partial charge in [0.15, 0.2) is 0 Å². The van der Waals surface area contributed by atoms with Crippen molar-refractivity contribution in [3.05, 3.63) is 45.5 Å². The van der Waals surface area contributed by atoms with Crippen LogP contribution < -0.4 is 0 Å². The molecule has 1 aromatic heterocycles. The summed E-state index contributed by atoms with van der Waals surface area (Å²) < 4.78 is 0. The van der Waals surface area contributed by atoms with E-state index in [9.17, 15) is 14.9 Å². The van der Waals surface area contributed by atoms with Crippen LogP contribution in [0.1, 0.15) is 17.4 Å². The molecule has 7 nitrogen and oxygen atoms in total. The second-order valence-electron chi connectivity index (χ2n) is 4.79. The molecule has 1 atom stereocenters. The molecule has 22 heavy (non-hydrogen) atoms. The summed E-state index contributed by atoms with van der Waals surface area (Å²) >= 11 is 1.24. The van der Waals surface area contributed by atoms with Crippen LogP contribution in [0.4, 0.5) is 5.69 Å². The van der Waals surface area contributed by atoms with Crippen LogP contribution in [0.3, 0.4) is 0 Å². The molecule has 2 rings (SSSR count). The quantitative estimate of drug-likeness (QED) is 0.672. The van der Waals surface area contributed by atoms with Crippen molar-refractivity contribution in [2.45, 2.75) is 13.0 Å². The number of hydrogen-bond acceptors (Lipinski definition) is 6. The third kappa shape index (κ3) is 3.29. The van der Waals surface area contributed by atoms with Gasteiger partial charge in [-0.15, -0.1) is 11.3 Å². The van der Waals surface area contributed by atoms with Gasteiger partial charge in [-0.2, -0.15) is 0 Å². The molecule has 0 radical (unpaired) electrons. The monoisotopic (exact) mass is 321 g/mol. The van der Waals surface area contributed by atoms with E-state index in [0.717, 1.165) is 0 Å². The van der Waals surface area contributed by atoms with Crippen molar-refractivity contribution in [1.29, 1.82) is 0 Å². The van der Waals surface area contributed by atoms with Gasteiger partial charge in [-0.1, -0.05) is 12.1 Å². The highest BCUT2D eigenvalue weighted by Crippen LogP contribution is 2.27. The van der Waals surface area contributed by atoms with E-state index >= 15 is 0 Å². The Kier molecular flexibility index (Phi) is 4.84. The predicted molar refractivity (Wildman–Crippen MR) is 82.8 cm³/mol. The molecule has 0 fully saturated rings. The number of rotatable bonds is 5. The van der Waals surface area contributed by atoms with E-state index in [1.807, 2.05) is 0 Å². The van der Waals surface area contributed by atoms with Gasteiger partial charge in [-0.3, -0.25) is 14.9 Å². The molecule has 0 bridgehead atoms. The molecule has 0 aliphatic rings. The summed E-state index contributed by atoms with van der Waals surface area (Å²) in [6.45, 7) is 1.59. The Morgan fingerprint density at radius 1 is 1.55 bits per heavy atom. The molecular formula is C14H15N3O4S. The number of nitrogens with zero attached hydrogens (tertiary/aromatic N) is 3. The Balaban J connectivity index is 2.26. The minimum absolute atomic E-state index is 0.0217. The summed E-state index contributed by atoms with van der Waals surface area (Å²) in [4.78, 5) is 28.2. The zero-order valence-corrected chi connectivity index (χ0v) is 12.9. The van der Waals surface area contributed by atoms with E-state index in [0.29, 0.717) is 10.6 Å². The van der Waals surface area contributed by atoms with E-state index in [1.54, 1.807) is 31.5 Å². The lowest BCUT2D eigenvalue weighted by molar-refractivity contribution is -0.384. The van der Waals surface area contributed by atoms with Crippen molar-refractivity contribution in [3.8, 4) is 10.6 Å². The first-order chi connectivity index (χ1) is 10.4. The van der Waals surface area contributed by atoms with Crippen molar-refractivity contribution in [3.63, 3.8) is 0 Å². The van der Waals surface area contributed by atoms with Crippen LogP contribution in [0.25, 0.3) is 10.6 Å². The predicted octanol–water partition coefficient (Wildman–Crippen LogP) is 2.17. The third-order valence-corrected chi connectivity index (χ3v) is 4.16. The zero-order chi connectivity index (χ0) is 16.3. The van der Waals surface area contributed by atoms with E-state index in [2.05, 4.69) is 4.98 Å². The number of carbonyl (C=O) groups excluding carboxylic acids is 1. The summed E-state index contributed by atoms with van der Waals surface area (Å²) in [7, 11) is 1.59. The highest BCUT2D eigenvalue weighted by molar-refractivity contribution is 7.13. The first-order valence-electron chi connectivity index (χ1n) is 6.52. The van der Waals surface area contributed by atoms with Crippen molar-refractivity contribution in [2.75, 3.05) is 13.7 Å². The van der Waals surface area contributed by atoms with Crippen LogP contribution in [-0.2, 0) is 0 Å². The molecule has 0 aliphatic carbocycles. The molecular weight excluding hydrogens is 306 g/mol. The van der Waals surface area contributed by atoms with Crippen LogP contribution in [0, 0.1) is 10.1 Å². The molecule has 8 heteroatoms. The summed E-state index contributed by atoms with van der Waals surface area (Å²) in [5.74, 6) is -0.297. The number of hydrogen-bond donors (Lipinski definition) is 1. The fourth-order valence-corrected chi connectivity index (χ4v) is 2.55. The Bertz CT molecular complexity index is 701. The molecule has 0 aliphatic heterocycles. The van der Waals surface area contributed by atoms with Gasteiger partial charge < -0.3 is 10.0 Å². The van der Waals surface area contributed by atoms with Crippen LogP contribution >= 0.6 is 11.3 Å². The molecule has 0 spiro atoms. The van der Waals surface area contributed by atoms with Crippen molar-refractivity contribution in [1.82, 2.24) is 9.88 Å². The number of aliphatic hydroxyl groups excluding tert-OH is 1. The lowest BCUT2D eigenvalue weighted by Gasteiger charge is -2.21. The van der Waals surface area contributed by atoms with Crippen molar-refractivity contribution >= 4 is 22.9 Å². The summed E-state index contributed by atoms with van der Waals surface area (Å²) in [6, 6.07) is 5.80. The summed E-state index contributed by atoms with van der Waals surface area (Å²) in [5.41, 5.74) is 0.831. The van der Waals surface area contributed by atoms with Gasteiger partial charge >= 0.3 is 0 Å². The summed E-state index contributed by atoms with van der Waals surface area (Å²) in [5, 5.41) is 22.0. The van der Waals surface area contributed by atoms with Gasteiger partial charge in [-0.05, 0) is 6.92 Å². The highest BCUT2D eigenvalue weighted by atomic mass is 32.1. The SMILES string of the molecule is CC(CO)N(C)C(=O)c1csc(-c2cccc([N+](=O)[O-])c2)n1. The fourth-order valence-electron chi connectivity index (χ4n) is 1.76. The van der Waals surface area contributed by atoms with Gasteiger partial charge in [0.25, 0.3) is 11.6 Å². The topological polar surface area (TPSA) is 96.6 Å². The first-order valence-corrected chi connectivity index (χ1v) is 7.40. The van der Waals surface area contributed by atoms with Crippen LogP contribution in [0.15, 0.2) is 29.6 Å². The molecule has 0 saturated carbocycles. The van der Waals surface area contributed by atoms with Crippen molar-refractivity contribution < 1.29 is 14.8 Å². The van der Waals surface area contributed by atoms with Gasteiger partial charge in [0.2, 0.25) is 0 Å². The number of carbonyl (C=O) groups is 1. The Morgan fingerprint density at radius 2 is 2.27 bits per heavy atom. The minimum atomic E-state index is -0.472. The van der Waals surface area contributed by atoms with E-state index in [-0.39, 0.29) is 29.9 Å². The lowest BCUT2D eigenvalue weighted by Crippen LogP contribution is -2.37. The number of nitro benzene ring substituents is 1. The maximum atomic E-state index is 12.2. The highest BCUT2D eigenvalue weighted by Gasteiger charge is 2.20. The number of likely N-dealkylation sites (N-methyl/N-ethyl adjacent to an activating group) is 1. The van der Waals surface area contributed by atoms with E-state index < -0.39 is 4.92 Å². The molecule has 0 saturated heterocycles. The third-order valence-electron chi connectivity index (χ3n) is 3.27. The van der Waals surface area contributed by atoms with Gasteiger partial charge in [0.05, 0.1) is 17.6 Å². The Labute approximate surface area is 131 Å². The van der Waals surface area contributed by atoms with Gasteiger partial charge in [-0.25, -0.2) is 4.98 Å². The van der Waals surface area contributed by atoms with Crippen LogP contribution in [0.2, 0.25) is 0 Å². The molecule has 1 amide bonds. The fraction of sp³-hybridized carbons (Fsp3) is 0.286. The van der Waals surface area contributed by atoms with Gasteiger partial charge in [0.1, 0.15) is 10.7 Å². The average molecular weight is 321 g/mol. The standard InChI is InChI=1S/C14H15N3O4S/c1-9(7-18)16(2)14(19)12-8-22-13(15-12)10-4-3-5-11(6-10)17(20)21/h3-6,8-9,18H,7H2,1-2H3. The Hall–Kier alpha value is -2.32.